The zero-order valence-electron chi connectivity index (χ0n) is 9.50. The summed E-state index contributed by atoms with van der Waals surface area (Å²) in [4.78, 5) is 33.7. The van der Waals surface area contributed by atoms with Crippen LogP contribution >= 0.6 is 0 Å². The number of imide groups is 1. The third kappa shape index (κ3) is 3.30. The maximum absolute atomic E-state index is 11.4. The molecule has 2 atom stereocenters. The second kappa shape index (κ2) is 5.60. The van der Waals surface area contributed by atoms with Gasteiger partial charge in [0.05, 0.1) is 12.1 Å². The SMILES string of the molecule is CCNC(=O)C(C)NC1CCC(=O)NC1=O. The van der Waals surface area contributed by atoms with Crippen molar-refractivity contribution in [2.45, 2.75) is 38.8 Å². The lowest BCUT2D eigenvalue weighted by Gasteiger charge is -2.24. The molecule has 1 rings (SSSR count). The molecule has 0 spiro atoms. The lowest BCUT2D eigenvalue weighted by molar-refractivity contribution is -0.135. The average Bonchev–Trinajstić information content (AvgIpc) is 2.22. The summed E-state index contributed by atoms with van der Waals surface area (Å²) in [5.74, 6) is -0.756. The Morgan fingerprint density at radius 3 is 2.81 bits per heavy atom. The van der Waals surface area contributed by atoms with Crippen LogP contribution in [0.4, 0.5) is 0 Å². The van der Waals surface area contributed by atoms with Gasteiger partial charge >= 0.3 is 0 Å². The van der Waals surface area contributed by atoms with Gasteiger partial charge in [0.2, 0.25) is 17.7 Å². The third-order valence-electron chi connectivity index (χ3n) is 2.43. The maximum Gasteiger partial charge on any atom is 0.243 e. The van der Waals surface area contributed by atoms with Crippen molar-refractivity contribution >= 4 is 17.7 Å². The fourth-order valence-corrected chi connectivity index (χ4v) is 1.56. The fraction of sp³-hybridized carbons (Fsp3) is 0.700. The molecule has 1 aliphatic heterocycles. The van der Waals surface area contributed by atoms with Gasteiger partial charge in [-0.2, -0.15) is 0 Å². The Bertz CT molecular complexity index is 304. The molecular formula is C10H17N3O3. The normalized spacial score (nSPS) is 22.5. The van der Waals surface area contributed by atoms with Crippen molar-refractivity contribution in [3.8, 4) is 0 Å². The van der Waals surface area contributed by atoms with Crippen LogP contribution in [-0.4, -0.2) is 36.3 Å². The molecule has 3 amide bonds. The Balaban J connectivity index is 2.44. The van der Waals surface area contributed by atoms with Crippen molar-refractivity contribution in [1.29, 1.82) is 0 Å². The quantitative estimate of drug-likeness (QED) is 0.532. The molecule has 1 heterocycles. The van der Waals surface area contributed by atoms with Crippen molar-refractivity contribution in [2.75, 3.05) is 6.54 Å². The van der Waals surface area contributed by atoms with Crippen molar-refractivity contribution < 1.29 is 14.4 Å². The summed E-state index contributed by atoms with van der Waals surface area (Å²) in [7, 11) is 0. The van der Waals surface area contributed by atoms with Crippen LogP contribution in [0.15, 0.2) is 0 Å². The third-order valence-corrected chi connectivity index (χ3v) is 2.43. The molecule has 0 radical (unpaired) electrons. The van der Waals surface area contributed by atoms with Crippen LogP contribution in [0.2, 0.25) is 0 Å². The molecule has 1 aliphatic rings. The van der Waals surface area contributed by atoms with Crippen LogP contribution in [-0.2, 0) is 14.4 Å². The minimum Gasteiger partial charge on any atom is -0.355 e. The number of nitrogens with one attached hydrogen (secondary N) is 3. The molecule has 0 aromatic carbocycles. The summed E-state index contributed by atoms with van der Waals surface area (Å²) in [6.07, 6.45) is 0.750. The van der Waals surface area contributed by atoms with Gasteiger partial charge < -0.3 is 5.32 Å². The second-order valence-electron chi connectivity index (χ2n) is 3.79. The van der Waals surface area contributed by atoms with E-state index in [1.54, 1.807) is 6.92 Å². The number of carbonyl (C=O) groups is 3. The number of hydrogen-bond acceptors (Lipinski definition) is 4. The van der Waals surface area contributed by atoms with E-state index in [4.69, 9.17) is 0 Å². The summed E-state index contributed by atoms with van der Waals surface area (Å²) in [5, 5.41) is 7.79. The number of rotatable bonds is 4. The van der Waals surface area contributed by atoms with Gasteiger partial charge in [0.1, 0.15) is 0 Å². The molecule has 16 heavy (non-hydrogen) atoms. The number of likely N-dealkylation sites (N-methyl/N-ethyl adjacent to an activating group) is 1. The lowest BCUT2D eigenvalue weighted by atomic mass is 10.1. The molecule has 0 saturated carbocycles. The highest BCUT2D eigenvalue weighted by Gasteiger charge is 2.28. The second-order valence-corrected chi connectivity index (χ2v) is 3.79. The van der Waals surface area contributed by atoms with Gasteiger partial charge in [0.25, 0.3) is 0 Å². The van der Waals surface area contributed by atoms with E-state index in [0.29, 0.717) is 19.4 Å². The first-order valence-electron chi connectivity index (χ1n) is 5.42. The first kappa shape index (κ1) is 12.6. The van der Waals surface area contributed by atoms with Gasteiger partial charge in [-0.15, -0.1) is 0 Å². The molecule has 3 N–H and O–H groups in total. The monoisotopic (exact) mass is 227 g/mol. The molecule has 0 bridgehead atoms. The Kier molecular flexibility index (Phi) is 4.42. The van der Waals surface area contributed by atoms with Crippen LogP contribution < -0.4 is 16.0 Å². The van der Waals surface area contributed by atoms with E-state index in [-0.39, 0.29) is 17.7 Å². The predicted molar refractivity (Wildman–Crippen MR) is 57.5 cm³/mol. The van der Waals surface area contributed by atoms with Gasteiger partial charge in [-0.1, -0.05) is 0 Å². The standard InChI is InChI=1S/C10H17N3O3/c1-3-11-9(15)6(2)12-7-4-5-8(14)13-10(7)16/h6-7,12H,3-5H2,1-2H3,(H,11,15)(H,13,14,16). The average molecular weight is 227 g/mol. The van der Waals surface area contributed by atoms with E-state index in [0.717, 1.165) is 0 Å². The van der Waals surface area contributed by atoms with Crippen LogP contribution in [0, 0.1) is 0 Å². The molecule has 0 aliphatic carbocycles. The van der Waals surface area contributed by atoms with Gasteiger partial charge in [0.15, 0.2) is 0 Å². The van der Waals surface area contributed by atoms with E-state index in [1.807, 2.05) is 6.92 Å². The van der Waals surface area contributed by atoms with E-state index in [1.165, 1.54) is 0 Å². The number of piperidine rings is 1. The summed E-state index contributed by atoms with van der Waals surface area (Å²) in [6, 6.07) is -0.904. The molecule has 1 saturated heterocycles. The van der Waals surface area contributed by atoms with E-state index >= 15 is 0 Å². The van der Waals surface area contributed by atoms with Crippen LogP contribution in [0.1, 0.15) is 26.7 Å². The van der Waals surface area contributed by atoms with Crippen molar-refractivity contribution in [2.24, 2.45) is 0 Å². The van der Waals surface area contributed by atoms with Crippen LogP contribution in [0.5, 0.6) is 0 Å². The molecule has 0 aromatic rings. The summed E-state index contributed by atoms with van der Waals surface area (Å²) < 4.78 is 0. The summed E-state index contributed by atoms with van der Waals surface area (Å²) in [6.45, 7) is 4.07. The van der Waals surface area contributed by atoms with Crippen LogP contribution in [0.25, 0.3) is 0 Å². The highest BCUT2D eigenvalue weighted by atomic mass is 16.2. The van der Waals surface area contributed by atoms with Gasteiger partial charge in [-0.05, 0) is 20.3 Å². The maximum atomic E-state index is 11.4. The highest BCUT2D eigenvalue weighted by molar-refractivity contribution is 6.00. The van der Waals surface area contributed by atoms with Crippen molar-refractivity contribution in [1.82, 2.24) is 16.0 Å². The highest BCUT2D eigenvalue weighted by Crippen LogP contribution is 2.05. The molecule has 6 nitrogen and oxygen atoms in total. The smallest absolute Gasteiger partial charge is 0.243 e. The molecular weight excluding hydrogens is 210 g/mol. The van der Waals surface area contributed by atoms with Gasteiger partial charge in [0, 0.05) is 13.0 Å². The molecule has 2 unspecified atom stereocenters. The number of amides is 3. The largest absolute Gasteiger partial charge is 0.355 e. The zero-order valence-corrected chi connectivity index (χ0v) is 9.50. The van der Waals surface area contributed by atoms with Crippen molar-refractivity contribution in [3.63, 3.8) is 0 Å². The van der Waals surface area contributed by atoms with E-state index in [9.17, 15) is 14.4 Å². The summed E-state index contributed by atoms with van der Waals surface area (Å²) in [5.41, 5.74) is 0. The lowest BCUT2D eigenvalue weighted by Crippen LogP contribution is -2.55. The molecule has 90 valence electrons. The summed E-state index contributed by atoms with van der Waals surface area (Å²) >= 11 is 0. The predicted octanol–water partition coefficient (Wildman–Crippen LogP) is -1.09. The van der Waals surface area contributed by atoms with E-state index in [2.05, 4.69) is 16.0 Å². The van der Waals surface area contributed by atoms with Gasteiger partial charge in [-0.25, -0.2) is 0 Å². The number of carbonyl (C=O) groups excluding carboxylic acids is 3. The minimum atomic E-state index is -0.463. The Morgan fingerprint density at radius 2 is 2.25 bits per heavy atom. The van der Waals surface area contributed by atoms with Crippen LogP contribution in [0.3, 0.4) is 0 Å². The molecule has 6 heteroatoms. The fourth-order valence-electron chi connectivity index (χ4n) is 1.56. The topological polar surface area (TPSA) is 87.3 Å². The Morgan fingerprint density at radius 1 is 1.56 bits per heavy atom. The van der Waals surface area contributed by atoms with E-state index < -0.39 is 12.1 Å². The first-order valence-corrected chi connectivity index (χ1v) is 5.42. The first-order chi connectivity index (χ1) is 7.54. The Labute approximate surface area is 94.2 Å². The molecule has 0 aromatic heterocycles. The molecule has 1 fully saturated rings. The zero-order chi connectivity index (χ0) is 12.1. The minimum absolute atomic E-state index is 0.146. The van der Waals surface area contributed by atoms with Crippen molar-refractivity contribution in [3.05, 3.63) is 0 Å². The Hall–Kier alpha value is -1.43. The number of hydrogen-bond donors (Lipinski definition) is 3. The van der Waals surface area contributed by atoms with Gasteiger partial charge in [-0.3, -0.25) is 25.0 Å².